The molecule has 0 radical (unpaired) electrons. The van der Waals surface area contributed by atoms with E-state index >= 15 is 0 Å². The molecule has 0 N–H and O–H groups in total. The summed E-state index contributed by atoms with van der Waals surface area (Å²) in [5, 5.41) is 0. The zero-order chi connectivity index (χ0) is 14.0. The topological polar surface area (TPSA) is 23.6 Å². The predicted molar refractivity (Wildman–Crippen MR) is 80.9 cm³/mol. The number of hydrogen-bond acceptors (Lipinski definition) is 3. The van der Waals surface area contributed by atoms with E-state index in [0.29, 0.717) is 5.56 Å². The Morgan fingerprint density at radius 1 is 1.32 bits per heavy atom. The highest BCUT2D eigenvalue weighted by molar-refractivity contribution is 7.80. The normalized spacial score (nSPS) is 17.1. The van der Waals surface area contributed by atoms with E-state index in [2.05, 4.69) is 31.6 Å². The first-order chi connectivity index (χ1) is 8.94. The number of carbonyl (C=O) groups excluding carboxylic acids is 1. The summed E-state index contributed by atoms with van der Waals surface area (Å²) in [6.07, 6.45) is 3.60. The van der Waals surface area contributed by atoms with Crippen LogP contribution in [0.1, 0.15) is 29.6 Å². The van der Waals surface area contributed by atoms with Crippen molar-refractivity contribution in [3.63, 3.8) is 0 Å². The first kappa shape index (κ1) is 14.4. The van der Waals surface area contributed by atoms with Crippen LogP contribution in [-0.4, -0.2) is 48.9 Å². The van der Waals surface area contributed by atoms with Gasteiger partial charge < -0.3 is 9.80 Å². The molecule has 4 heteroatoms. The lowest BCUT2D eigenvalue weighted by molar-refractivity contribution is 0.0252. The van der Waals surface area contributed by atoms with Crippen molar-refractivity contribution >= 4 is 18.5 Å². The van der Waals surface area contributed by atoms with Gasteiger partial charge in [0.25, 0.3) is 5.91 Å². The van der Waals surface area contributed by atoms with Crippen LogP contribution in [0.25, 0.3) is 0 Å². The lowest BCUT2D eigenvalue weighted by atomic mass is 9.75. The number of hydrogen-bond donors (Lipinski definition) is 1. The standard InChI is InChI=1S/C15H22N2OS/c1-16(2)15(8-5-9-15)11-17(3)14(18)12-6-4-7-13(19)10-12/h4,6-7,10,19H,5,8-9,11H2,1-3H3. The van der Waals surface area contributed by atoms with Crippen LogP contribution in [0.2, 0.25) is 0 Å². The molecule has 1 aliphatic rings. The van der Waals surface area contributed by atoms with Gasteiger partial charge in [-0.3, -0.25) is 4.79 Å². The van der Waals surface area contributed by atoms with Gasteiger partial charge >= 0.3 is 0 Å². The first-order valence-electron chi connectivity index (χ1n) is 6.66. The molecule has 0 spiro atoms. The van der Waals surface area contributed by atoms with Crippen molar-refractivity contribution in [3.8, 4) is 0 Å². The molecule has 0 bridgehead atoms. The lowest BCUT2D eigenvalue weighted by Crippen LogP contribution is -2.57. The van der Waals surface area contributed by atoms with Crippen LogP contribution in [0.15, 0.2) is 29.2 Å². The lowest BCUT2D eigenvalue weighted by Gasteiger charge is -2.49. The molecule has 1 aliphatic carbocycles. The maximum Gasteiger partial charge on any atom is 0.253 e. The summed E-state index contributed by atoms with van der Waals surface area (Å²) in [5.74, 6) is 0.0732. The Bertz CT molecular complexity index is 469. The molecule has 19 heavy (non-hydrogen) atoms. The van der Waals surface area contributed by atoms with Gasteiger partial charge in [-0.05, 0) is 51.6 Å². The molecule has 0 saturated heterocycles. The van der Waals surface area contributed by atoms with Crippen LogP contribution in [0.3, 0.4) is 0 Å². The summed E-state index contributed by atoms with van der Waals surface area (Å²) < 4.78 is 0. The Hall–Kier alpha value is -1.00. The van der Waals surface area contributed by atoms with E-state index < -0.39 is 0 Å². The molecule has 1 aromatic carbocycles. The number of benzene rings is 1. The number of amides is 1. The second kappa shape index (κ2) is 5.55. The zero-order valence-corrected chi connectivity index (χ0v) is 12.8. The van der Waals surface area contributed by atoms with E-state index in [1.54, 1.807) is 0 Å². The van der Waals surface area contributed by atoms with Crippen molar-refractivity contribution in [1.29, 1.82) is 0 Å². The van der Waals surface area contributed by atoms with E-state index in [4.69, 9.17) is 0 Å². The highest BCUT2D eigenvalue weighted by atomic mass is 32.1. The van der Waals surface area contributed by atoms with Crippen molar-refractivity contribution in [2.24, 2.45) is 0 Å². The second-order valence-electron chi connectivity index (χ2n) is 5.68. The Morgan fingerprint density at radius 3 is 2.47 bits per heavy atom. The van der Waals surface area contributed by atoms with Crippen LogP contribution in [0.5, 0.6) is 0 Å². The summed E-state index contributed by atoms with van der Waals surface area (Å²) in [4.78, 5) is 17.3. The Labute approximate surface area is 121 Å². The third-order valence-electron chi connectivity index (χ3n) is 4.20. The van der Waals surface area contributed by atoms with Gasteiger partial charge in [0.15, 0.2) is 0 Å². The molecule has 0 atom stereocenters. The zero-order valence-electron chi connectivity index (χ0n) is 11.9. The van der Waals surface area contributed by atoms with Gasteiger partial charge in [-0.2, -0.15) is 0 Å². The van der Waals surface area contributed by atoms with E-state index in [1.165, 1.54) is 19.3 Å². The predicted octanol–water partition coefficient (Wildman–Crippen LogP) is 2.53. The quantitative estimate of drug-likeness (QED) is 0.856. The molecule has 104 valence electrons. The van der Waals surface area contributed by atoms with Crippen LogP contribution in [-0.2, 0) is 0 Å². The van der Waals surface area contributed by atoms with Gasteiger partial charge in [0.2, 0.25) is 0 Å². The van der Waals surface area contributed by atoms with Gasteiger partial charge in [-0.1, -0.05) is 6.07 Å². The molecule has 0 aliphatic heterocycles. The van der Waals surface area contributed by atoms with Crippen LogP contribution in [0.4, 0.5) is 0 Å². The SMILES string of the molecule is CN(CC1(N(C)C)CCC1)C(=O)c1cccc(S)c1. The van der Waals surface area contributed by atoms with Gasteiger partial charge in [0.05, 0.1) is 0 Å². The summed E-state index contributed by atoms with van der Waals surface area (Å²) in [6, 6.07) is 7.42. The first-order valence-corrected chi connectivity index (χ1v) is 7.11. The monoisotopic (exact) mass is 278 g/mol. The number of nitrogens with zero attached hydrogens (tertiary/aromatic N) is 2. The molecule has 3 nitrogen and oxygen atoms in total. The molecule has 0 heterocycles. The third-order valence-corrected chi connectivity index (χ3v) is 4.48. The largest absolute Gasteiger partial charge is 0.340 e. The molecule has 2 rings (SSSR count). The molecule has 1 saturated carbocycles. The van der Waals surface area contributed by atoms with E-state index in [9.17, 15) is 4.79 Å². The average Bonchev–Trinajstić information content (AvgIpc) is 2.32. The van der Waals surface area contributed by atoms with Crippen molar-refractivity contribution in [3.05, 3.63) is 29.8 Å². The molecule has 1 fully saturated rings. The van der Waals surface area contributed by atoms with Crippen LogP contribution in [0, 0.1) is 0 Å². The van der Waals surface area contributed by atoms with Gasteiger partial charge in [0, 0.05) is 29.6 Å². The van der Waals surface area contributed by atoms with Crippen molar-refractivity contribution in [2.45, 2.75) is 29.7 Å². The number of thiol groups is 1. The minimum absolute atomic E-state index is 0.0732. The van der Waals surface area contributed by atoms with Crippen LogP contribution < -0.4 is 0 Å². The van der Waals surface area contributed by atoms with E-state index in [0.717, 1.165) is 11.4 Å². The Morgan fingerprint density at radius 2 is 2.00 bits per heavy atom. The Balaban J connectivity index is 2.07. The number of rotatable bonds is 4. The Kier molecular flexibility index (Phi) is 4.21. The highest BCUT2D eigenvalue weighted by Crippen LogP contribution is 2.36. The fraction of sp³-hybridized carbons (Fsp3) is 0.533. The summed E-state index contributed by atoms with van der Waals surface area (Å²) in [7, 11) is 6.09. The molecule has 0 aromatic heterocycles. The number of carbonyl (C=O) groups is 1. The fourth-order valence-electron chi connectivity index (χ4n) is 2.70. The minimum Gasteiger partial charge on any atom is -0.340 e. The van der Waals surface area contributed by atoms with Crippen LogP contribution >= 0.6 is 12.6 Å². The maximum atomic E-state index is 12.4. The van der Waals surface area contributed by atoms with Crippen molar-refractivity contribution < 1.29 is 4.79 Å². The molecule has 0 unspecified atom stereocenters. The summed E-state index contributed by atoms with van der Waals surface area (Å²) in [5.41, 5.74) is 0.881. The van der Waals surface area contributed by atoms with E-state index in [1.807, 2.05) is 36.2 Å². The van der Waals surface area contributed by atoms with Crippen molar-refractivity contribution in [2.75, 3.05) is 27.7 Å². The second-order valence-corrected chi connectivity index (χ2v) is 6.20. The number of likely N-dealkylation sites (N-methyl/N-ethyl adjacent to an activating group) is 2. The van der Waals surface area contributed by atoms with Gasteiger partial charge in [-0.25, -0.2) is 0 Å². The third kappa shape index (κ3) is 2.95. The fourth-order valence-corrected chi connectivity index (χ4v) is 2.93. The molecule has 1 aromatic rings. The van der Waals surface area contributed by atoms with E-state index in [-0.39, 0.29) is 11.4 Å². The molecule has 1 amide bonds. The average molecular weight is 278 g/mol. The molecular formula is C15H22N2OS. The summed E-state index contributed by atoms with van der Waals surface area (Å²) in [6.45, 7) is 0.787. The summed E-state index contributed by atoms with van der Waals surface area (Å²) >= 11 is 4.29. The smallest absolute Gasteiger partial charge is 0.253 e. The highest BCUT2D eigenvalue weighted by Gasteiger charge is 2.40. The van der Waals surface area contributed by atoms with Gasteiger partial charge in [0.1, 0.15) is 0 Å². The maximum absolute atomic E-state index is 12.4. The van der Waals surface area contributed by atoms with Crippen molar-refractivity contribution in [1.82, 2.24) is 9.80 Å². The molecular weight excluding hydrogens is 256 g/mol. The minimum atomic E-state index is 0.0732. The van der Waals surface area contributed by atoms with Gasteiger partial charge in [-0.15, -0.1) is 12.6 Å².